The number of ketones is 1. The van der Waals surface area contributed by atoms with Gasteiger partial charge in [0.15, 0.2) is 5.78 Å². The molecule has 12 heteroatoms. The Morgan fingerprint density at radius 3 is 2.63 bits per heavy atom. The number of hydrogen-bond donors (Lipinski definition) is 2. The van der Waals surface area contributed by atoms with Crippen LogP contribution in [0, 0.1) is 11.3 Å². The lowest BCUT2D eigenvalue weighted by atomic mass is 9.85. The highest BCUT2D eigenvalue weighted by Gasteiger charge is 2.34. The molecule has 7 nitrogen and oxygen atoms in total. The lowest BCUT2D eigenvalue weighted by Crippen LogP contribution is -2.37. The molecule has 2 aliphatic rings. The lowest BCUT2D eigenvalue weighted by Gasteiger charge is -2.31. The minimum atomic E-state index is -4.56. The fraction of sp³-hybridized carbons (Fsp3) is 0.346. The number of amides is 1. The predicted molar refractivity (Wildman–Crippen MR) is 142 cm³/mol. The summed E-state index contributed by atoms with van der Waals surface area (Å²) in [5.74, 6) is -1.41. The van der Waals surface area contributed by atoms with Crippen LogP contribution in [0.15, 0.2) is 57.6 Å². The van der Waals surface area contributed by atoms with E-state index in [1.165, 1.54) is 24.3 Å². The van der Waals surface area contributed by atoms with E-state index in [4.69, 9.17) is 4.74 Å². The summed E-state index contributed by atoms with van der Waals surface area (Å²) in [7, 11) is 0. The zero-order chi connectivity index (χ0) is 27.4. The van der Waals surface area contributed by atoms with E-state index in [-0.39, 0.29) is 17.2 Å². The highest BCUT2D eigenvalue weighted by molar-refractivity contribution is 8.03. The molecule has 0 bridgehead atoms. The third-order valence-corrected chi connectivity index (χ3v) is 8.11. The molecule has 2 N–H and O–H groups in total. The number of morpholine rings is 1. The van der Waals surface area contributed by atoms with Gasteiger partial charge in [0.1, 0.15) is 0 Å². The van der Waals surface area contributed by atoms with Crippen molar-refractivity contribution < 1.29 is 27.5 Å². The number of hydrogen-bond acceptors (Lipinski definition) is 8. The minimum absolute atomic E-state index is 0.0600. The Labute approximate surface area is 226 Å². The summed E-state index contributed by atoms with van der Waals surface area (Å²) in [6, 6.07) is 9.17. The smallest absolute Gasteiger partial charge is 0.378 e. The number of ether oxygens (including phenoxy) is 1. The summed E-state index contributed by atoms with van der Waals surface area (Å²) < 4.78 is 45.6. The maximum absolute atomic E-state index is 13.4. The maximum Gasteiger partial charge on any atom is 0.416 e. The number of allylic oxidation sites excluding steroid dienone is 3. The molecule has 1 aromatic heterocycles. The first kappa shape index (κ1) is 27.8. The van der Waals surface area contributed by atoms with Crippen LogP contribution in [0.1, 0.15) is 30.2 Å². The van der Waals surface area contributed by atoms with Gasteiger partial charge in [-0.1, -0.05) is 17.8 Å². The molecule has 1 aromatic carbocycles. The van der Waals surface area contributed by atoms with Crippen LogP contribution in [-0.4, -0.2) is 43.7 Å². The summed E-state index contributed by atoms with van der Waals surface area (Å²) in [5, 5.41) is 18.0. The number of nitrogens with zero attached hydrogens (tertiary/aromatic N) is 2. The van der Waals surface area contributed by atoms with Crippen molar-refractivity contribution in [3.63, 3.8) is 0 Å². The van der Waals surface area contributed by atoms with Gasteiger partial charge in [-0.05, 0) is 43.5 Å². The standard InChI is InChI=1S/C26H25F3N4O3S2/c1-15-23(16(2)34)24(21-4-3-11-37-21)18(13-30)25(31-15)38-14-22(35)32-19-12-17(26(27,28)29)5-6-20(19)33-7-9-36-10-8-33/h3-6,11-12,24,31H,7-10,14H2,1-2H3,(H,32,35)/t24-/m0/s1. The van der Waals surface area contributed by atoms with Gasteiger partial charge in [-0.25, -0.2) is 0 Å². The second kappa shape index (κ2) is 11.6. The number of halogens is 3. The Morgan fingerprint density at radius 2 is 2.03 bits per heavy atom. The lowest BCUT2D eigenvalue weighted by molar-refractivity contribution is -0.137. The van der Waals surface area contributed by atoms with Crippen LogP contribution in [0.5, 0.6) is 0 Å². The second-order valence-corrected chi connectivity index (χ2v) is 10.7. The molecule has 38 heavy (non-hydrogen) atoms. The van der Waals surface area contributed by atoms with Crippen LogP contribution in [0.3, 0.4) is 0 Å². The quantitative estimate of drug-likeness (QED) is 0.476. The second-order valence-electron chi connectivity index (χ2n) is 8.69. The Kier molecular flexibility index (Phi) is 8.50. The summed E-state index contributed by atoms with van der Waals surface area (Å²) >= 11 is 2.49. The van der Waals surface area contributed by atoms with Crippen molar-refractivity contribution in [2.24, 2.45) is 0 Å². The molecule has 2 aromatic rings. The summed E-state index contributed by atoms with van der Waals surface area (Å²) in [6.45, 7) is 5.02. The number of Topliss-reactive ketones (excluding diaryl/α,β-unsaturated/α-hetero) is 1. The van der Waals surface area contributed by atoms with Gasteiger partial charge in [-0.15, -0.1) is 11.3 Å². The van der Waals surface area contributed by atoms with Gasteiger partial charge in [0, 0.05) is 29.2 Å². The highest BCUT2D eigenvalue weighted by atomic mass is 32.2. The first-order valence-electron chi connectivity index (χ1n) is 11.7. The molecule has 0 aliphatic carbocycles. The van der Waals surface area contributed by atoms with Gasteiger partial charge in [0.25, 0.3) is 0 Å². The maximum atomic E-state index is 13.4. The molecule has 0 spiro atoms. The van der Waals surface area contributed by atoms with Crippen LogP contribution in [0.25, 0.3) is 0 Å². The topological polar surface area (TPSA) is 94.5 Å². The molecule has 4 rings (SSSR count). The molecular formula is C26H25F3N4O3S2. The third kappa shape index (κ3) is 6.06. The normalized spacial score (nSPS) is 18.2. The Morgan fingerprint density at radius 1 is 1.29 bits per heavy atom. The molecule has 200 valence electrons. The van der Waals surface area contributed by atoms with Crippen molar-refractivity contribution in [2.45, 2.75) is 25.9 Å². The zero-order valence-electron chi connectivity index (χ0n) is 20.6. The van der Waals surface area contributed by atoms with Gasteiger partial charge >= 0.3 is 6.18 Å². The zero-order valence-corrected chi connectivity index (χ0v) is 22.3. The monoisotopic (exact) mass is 562 g/mol. The fourth-order valence-electron chi connectivity index (χ4n) is 4.45. The third-order valence-electron chi connectivity index (χ3n) is 6.15. The molecule has 1 saturated heterocycles. The Hall–Kier alpha value is -3.27. The van der Waals surface area contributed by atoms with E-state index >= 15 is 0 Å². The van der Waals surface area contributed by atoms with Gasteiger partial charge in [-0.3, -0.25) is 9.59 Å². The summed E-state index contributed by atoms with van der Waals surface area (Å²) in [4.78, 5) is 28.1. The number of benzene rings is 1. The molecule has 2 aliphatic heterocycles. The minimum Gasteiger partial charge on any atom is -0.378 e. The van der Waals surface area contributed by atoms with Crippen LogP contribution in [0.2, 0.25) is 0 Å². The number of dihydropyridines is 1. The van der Waals surface area contributed by atoms with Gasteiger partial charge < -0.3 is 20.3 Å². The summed E-state index contributed by atoms with van der Waals surface area (Å²) in [5.41, 5.74) is 1.06. The van der Waals surface area contributed by atoms with E-state index < -0.39 is 23.6 Å². The predicted octanol–water partition coefficient (Wildman–Crippen LogP) is 5.26. The Bertz CT molecular complexity index is 1320. The van der Waals surface area contributed by atoms with Gasteiger partial charge in [0.2, 0.25) is 5.91 Å². The van der Waals surface area contributed by atoms with Crippen LogP contribution in [-0.2, 0) is 20.5 Å². The highest BCUT2D eigenvalue weighted by Crippen LogP contribution is 2.42. The molecular weight excluding hydrogens is 537 g/mol. The molecule has 1 amide bonds. The number of nitriles is 1. The van der Waals surface area contributed by atoms with E-state index in [1.807, 2.05) is 22.4 Å². The van der Waals surface area contributed by atoms with E-state index in [2.05, 4.69) is 16.7 Å². The molecule has 1 fully saturated rings. The first-order valence-corrected chi connectivity index (χ1v) is 13.6. The number of carbonyl (C=O) groups excluding carboxylic acids is 2. The number of anilines is 2. The molecule has 1 atom stereocenters. The number of alkyl halides is 3. The summed E-state index contributed by atoms with van der Waals surface area (Å²) in [6.07, 6.45) is -4.56. The number of thioether (sulfide) groups is 1. The van der Waals surface area contributed by atoms with Gasteiger partial charge in [0.05, 0.1) is 58.5 Å². The van der Waals surface area contributed by atoms with Crippen molar-refractivity contribution in [3.05, 3.63) is 68.0 Å². The number of carbonyl (C=O) groups is 2. The van der Waals surface area contributed by atoms with Crippen LogP contribution >= 0.6 is 23.1 Å². The van der Waals surface area contributed by atoms with Crippen molar-refractivity contribution >= 4 is 46.2 Å². The van der Waals surface area contributed by atoms with Crippen molar-refractivity contribution in [2.75, 3.05) is 42.3 Å². The van der Waals surface area contributed by atoms with Crippen molar-refractivity contribution in [1.29, 1.82) is 5.26 Å². The molecule has 0 saturated carbocycles. The van der Waals surface area contributed by atoms with E-state index in [0.717, 1.165) is 28.8 Å². The Balaban J connectivity index is 1.57. The van der Waals surface area contributed by atoms with Gasteiger partial charge in [-0.2, -0.15) is 18.4 Å². The van der Waals surface area contributed by atoms with E-state index in [9.17, 15) is 28.0 Å². The number of thiophene rings is 1. The fourth-order valence-corrected chi connectivity index (χ4v) is 6.18. The largest absolute Gasteiger partial charge is 0.416 e. The molecule has 3 heterocycles. The molecule has 0 radical (unpaired) electrons. The SMILES string of the molecule is CC(=O)C1=C(C)NC(SCC(=O)Nc2cc(C(F)(F)F)ccc2N2CCOCC2)=C(C#N)[C@H]1c1cccs1. The first-order chi connectivity index (χ1) is 18.1. The number of rotatable bonds is 7. The van der Waals surface area contributed by atoms with Crippen molar-refractivity contribution in [1.82, 2.24) is 5.32 Å². The van der Waals surface area contributed by atoms with E-state index in [0.29, 0.717) is 53.9 Å². The van der Waals surface area contributed by atoms with Crippen LogP contribution < -0.4 is 15.5 Å². The number of nitrogens with one attached hydrogen (secondary N) is 2. The average Bonchev–Trinajstić information content (AvgIpc) is 3.41. The molecule has 0 unspecified atom stereocenters. The van der Waals surface area contributed by atoms with Crippen LogP contribution in [0.4, 0.5) is 24.5 Å². The average molecular weight is 563 g/mol. The van der Waals surface area contributed by atoms with Crippen molar-refractivity contribution in [3.8, 4) is 6.07 Å². The van der Waals surface area contributed by atoms with E-state index in [1.54, 1.807) is 6.92 Å².